The average Bonchev–Trinajstić information content (AvgIpc) is 3.20. The fourth-order valence-corrected chi connectivity index (χ4v) is 3.12. The third-order valence-electron chi connectivity index (χ3n) is 4.90. The number of hydrogen-bond donors (Lipinski definition) is 2. The summed E-state index contributed by atoms with van der Waals surface area (Å²) >= 11 is 0. The van der Waals surface area contributed by atoms with Crippen molar-refractivity contribution in [1.29, 1.82) is 0 Å². The molecule has 1 fully saturated rings. The number of ether oxygens (including phenoxy) is 1. The molecule has 8 nitrogen and oxygen atoms in total. The van der Waals surface area contributed by atoms with Crippen molar-refractivity contribution in [1.82, 2.24) is 15.5 Å². The number of urea groups is 1. The van der Waals surface area contributed by atoms with Gasteiger partial charge >= 0.3 is 6.03 Å². The molecule has 0 bridgehead atoms. The van der Waals surface area contributed by atoms with Crippen LogP contribution in [0.1, 0.15) is 33.0 Å². The number of carbonyl (C=O) groups excluding carboxylic acids is 3. The summed E-state index contributed by atoms with van der Waals surface area (Å²) in [6.07, 6.45) is 0.955. The lowest BCUT2D eigenvalue weighted by atomic mass is 9.99. The topological polar surface area (TPSA) is 101 Å². The lowest BCUT2D eigenvalue weighted by Crippen LogP contribution is -2.43. The largest absolute Gasteiger partial charge is 0.458 e. The summed E-state index contributed by atoms with van der Waals surface area (Å²) in [5.74, 6) is -0.0523. The van der Waals surface area contributed by atoms with E-state index < -0.39 is 23.4 Å². The molecular formula is C21H27N3O5. The van der Waals surface area contributed by atoms with Crippen LogP contribution in [-0.4, -0.2) is 49.0 Å². The molecule has 1 aromatic heterocycles. The molecule has 0 spiro atoms. The Bertz CT molecular complexity index is 874. The minimum Gasteiger partial charge on any atom is -0.458 e. The highest BCUT2D eigenvalue weighted by Gasteiger charge is 2.51. The van der Waals surface area contributed by atoms with Crippen molar-refractivity contribution < 1.29 is 23.5 Å². The number of hydrogen-bond acceptors (Lipinski definition) is 5. The van der Waals surface area contributed by atoms with Crippen LogP contribution in [0.15, 0.2) is 34.7 Å². The molecule has 1 aliphatic rings. The molecule has 4 amide bonds. The molecule has 29 heavy (non-hydrogen) atoms. The molecule has 2 heterocycles. The van der Waals surface area contributed by atoms with E-state index in [2.05, 4.69) is 24.5 Å². The zero-order valence-corrected chi connectivity index (χ0v) is 17.0. The quantitative estimate of drug-likeness (QED) is 0.496. The minimum absolute atomic E-state index is 0.321. The van der Waals surface area contributed by atoms with Crippen LogP contribution in [0.5, 0.6) is 0 Å². The van der Waals surface area contributed by atoms with Crippen LogP contribution in [-0.2, 0) is 19.9 Å². The van der Waals surface area contributed by atoms with Crippen molar-refractivity contribution >= 4 is 28.8 Å². The first kappa shape index (κ1) is 20.9. The van der Waals surface area contributed by atoms with Gasteiger partial charge in [-0.2, -0.15) is 0 Å². The first-order chi connectivity index (χ1) is 13.8. The Balaban J connectivity index is 1.56. The predicted octanol–water partition coefficient (Wildman–Crippen LogP) is 2.38. The second kappa shape index (κ2) is 8.65. The van der Waals surface area contributed by atoms with E-state index in [9.17, 15) is 14.4 Å². The van der Waals surface area contributed by atoms with Gasteiger partial charge in [-0.3, -0.25) is 14.5 Å². The van der Waals surface area contributed by atoms with Gasteiger partial charge in [0.1, 0.15) is 17.9 Å². The molecule has 0 radical (unpaired) electrons. The van der Waals surface area contributed by atoms with E-state index in [1.165, 1.54) is 0 Å². The van der Waals surface area contributed by atoms with E-state index in [1.807, 2.05) is 18.2 Å². The average molecular weight is 401 g/mol. The number of nitrogens with one attached hydrogen (secondary N) is 2. The standard InChI is InChI=1S/C21H27N3O5/c1-14(2)8-10-28-11-9-22-18(25)13-24-19(26)21(3,23-20(24)27)17-12-15-6-4-5-7-16(15)29-17/h4-7,12,14H,8-11,13H2,1-3H3,(H,22,25)(H,23,27). The number of fused-ring (bicyclic) bond motifs is 1. The second-order valence-electron chi connectivity index (χ2n) is 7.74. The Labute approximate surface area is 169 Å². The molecule has 0 aliphatic carbocycles. The van der Waals surface area contributed by atoms with Crippen molar-refractivity contribution in [2.75, 3.05) is 26.3 Å². The summed E-state index contributed by atoms with van der Waals surface area (Å²) in [6, 6.07) is 8.45. The number of rotatable bonds is 9. The van der Waals surface area contributed by atoms with Crippen molar-refractivity contribution in [3.8, 4) is 0 Å². The van der Waals surface area contributed by atoms with Crippen LogP contribution in [0.4, 0.5) is 4.79 Å². The van der Waals surface area contributed by atoms with Crippen LogP contribution in [0.2, 0.25) is 0 Å². The molecule has 3 rings (SSSR count). The molecule has 1 aromatic carbocycles. The highest BCUT2D eigenvalue weighted by Crippen LogP contribution is 2.32. The van der Waals surface area contributed by atoms with Gasteiger partial charge in [0.25, 0.3) is 5.91 Å². The van der Waals surface area contributed by atoms with Crippen molar-refractivity contribution in [3.63, 3.8) is 0 Å². The molecule has 2 aromatic rings. The summed E-state index contributed by atoms with van der Waals surface area (Å²) in [6.45, 7) is 6.79. The van der Waals surface area contributed by atoms with E-state index in [0.717, 1.165) is 16.7 Å². The van der Waals surface area contributed by atoms with Gasteiger partial charge in [-0.1, -0.05) is 32.0 Å². The first-order valence-electron chi connectivity index (χ1n) is 9.79. The molecule has 2 N–H and O–H groups in total. The number of imide groups is 1. The molecule has 1 unspecified atom stereocenters. The normalized spacial score (nSPS) is 19.2. The van der Waals surface area contributed by atoms with E-state index >= 15 is 0 Å². The van der Waals surface area contributed by atoms with Crippen LogP contribution in [0.3, 0.4) is 0 Å². The van der Waals surface area contributed by atoms with Crippen molar-refractivity contribution in [2.24, 2.45) is 5.92 Å². The van der Waals surface area contributed by atoms with Crippen LogP contribution in [0.25, 0.3) is 11.0 Å². The summed E-state index contributed by atoms with van der Waals surface area (Å²) in [5.41, 5.74) is -0.726. The Morgan fingerprint density at radius 2 is 2.03 bits per heavy atom. The fraction of sp³-hybridized carbons (Fsp3) is 0.476. The third kappa shape index (κ3) is 4.59. The summed E-state index contributed by atoms with van der Waals surface area (Å²) in [4.78, 5) is 38.3. The number of nitrogens with zero attached hydrogens (tertiary/aromatic N) is 1. The van der Waals surface area contributed by atoms with Crippen molar-refractivity contribution in [3.05, 3.63) is 36.1 Å². The molecule has 156 valence electrons. The molecule has 1 aliphatic heterocycles. The Hall–Kier alpha value is -2.87. The van der Waals surface area contributed by atoms with E-state index in [-0.39, 0.29) is 6.54 Å². The minimum atomic E-state index is -1.35. The number of amides is 4. The zero-order valence-electron chi connectivity index (χ0n) is 17.0. The SMILES string of the molecule is CC(C)CCOCCNC(=O)CN1C(=O)NC(C)(c2cc3ccccc3o2)C1=O. The maximum absolute atomic E-state index is 12.9. The summed E-state index contributed by atoms with van der Waals surface area (Å²) in [5, 5.41) is 6.15. The number of benzene rings is 1. The maximum Gasteiger partial charge on any atom is 0.325 e. The van der Waals surface area contributed by atoms with E-state index in [1.54, 1.807) is 19.1 Å². The summed E-state index contributed by atoms with van der Waals surface area (Å²) in [7, 11) is 0. The van der Waals surface area contributed by atoms with E-state index in [0.29, 0.717) is 37.0 Å². The van der Waals surface area contributed by atoms with Gasteiger partial charge in [-0.05, 0) is 31.4 Å². The van der Waals surface area contributed by atoms with Gasteiger partial charge in [-0.25, -0.2) is 4.79 Å². The van der Waals surface area contributed by atoms with Gasteiger partial charge in [0.05, 0.1) is 6.61 Å². The monoisotopic (exact) mass is 401 g/mol. The Kier molecular flexibility index (Phi) is 6.22. The first-order valence-corrected chi connectivity index (χ1v) is 9.79. The lowest BCUT2D eigenvalue weighted by Gasteiger charge is -2.18. The Morgan fingerprint density at radius 1 is 1.28 bits per heavy atom. The molecule has 1 atom stereocenters. The van der Waals surface area contributed by atoms with Gasteiger partial charge < -0.3 is 19.8 Å². The zero-order chi connectivity index (χ0) is 21.0. The van der Waals surface area contributed by atoms with Gasteiger partial charge in [0.15, 0.2) is 5.54 Å². The molecule has 0 saturated carbocycles. The fourth-order valence-electron chi connectivity index (χ4n) is 3.12. The lowest BCUT2D eigenvalue weighted by molar-refractivity contribution is -0.135. The van der Waals surface area contributed by atoms with Gasteiger partial charge in [-0.15, -0.1) is 0 Å². The highest BCUT2D eigenvalue weighted by atomic mass is 16.5. The van der Waals surface area contributed by atoms with Crippen LogP contribution < -0.4 is 10.6 Å². The molecular weight excluding hydrogens is 374 g/mol. The third-order valence-corrected chi connectivity index (χ3v) is 4.90. The maximum atomic E-state index is 12.9. The van der Waals surface area contributed by atoms with Crippen molar-refractivity contribution in [2.45, 2.75) is 32.7 Å². The summed E-state index contributed by atoms with van der Waals surface area (Å²) < 4.78 is 11.2. The highest BCUT2D eigenvalue weighted by molar-refractivity contribution is 6.09. The Morgan fingerprint density at radius 3 is 2.76 bits per heavy atom. The van der Waals surface area contributed by atoms with Gasteiger partial charge in [0, 0.05) is 18.5 Å². The van der Waals surface area contributed by atoms with Gasteiger partial charge in [0.2, 0.25) is 5.91 Å². The number of carbonyl (C=O) groups is 3. The predicted molar refractivity (Wildman–Crippen MR) is 107 cm³/mol. The van der Waals surface area contributed by atoms with E-state index in [4.69, 9.17) is 9.15 Å². The molecule has 8 heteroatoms. The van der Waals surface area contributed by atoms with Crippen LogP contribution in [0, 0.1) is 5.92 Å². The molecule has 1 saturated heterocycles. The van der Waals surface area contributed by atoms with Crippen LogP contribution >= 0.6 is 0 Å². The smallest absolute Gasteiger partial charge is 0.325 e. The number of furan rings is 1. The second-order valence-corrected chi connectivity index (χ2v) is 7.74. The number of para-hydroxylation sites is 1.